The molecule has 2 atom stereocenters. The second-order valence-electron chi connectivity index (χ2n) is 7.03. The maximum atomic E-state index is 12.4. The summed E-state index contributed by atoms with van der Waals surface area (Å²) in [5.41, 5.74) is 1.47. The molecule has 1 aromatic carbocycles. The molecular formula is C19H24N2O4. The Kier molecular flexibility index (Phi) is 5.06. The van der Waals surface area contributed by atoms with Gasteiger partial charge in [0, 0.05) is 32.1 Å². The Labute approximate surface area is 147 Å². The number of carbonyl (C=O) groups is 3. The topological polar surface area (TPSA) is 75.7 Å². The number of amides is 2. The highest BCUT2D eigenvalue weighted by molar-refractivity contribution is 5.89. The smallest absolute Gasteiger partial charge is 0.311 e. The number of anilines is 1. The van der Waals surface area contributed by atoms with Crippen LogP contribution in [0, 0.1) is 11.8 Å². The van der Waals surface area contributed by atoms with E-state index < -0.39 is 6.10 Å². The normalized spacial score (nSPS) is 21.1. The van der Waals surface area contributed by atoms with Gasteiger partial charge in [-0.3, -0.25) is 14.4 Å². The molecule has 1 N–H and O–H groups in total. The number of nitrogens with one attached hydrogen (secondary N) is 1. The van der Waals surface area contributed by atoms with Crippen molar-refractivity contribution in [2.75, 3.05) is 18.4 Å². The van der Waals surface area contributed by atoms with Gasteiger partial charge in [0.1, 0.15) is 6.10 Å². The molecule has 6 heteroatoms. The lowest BCUT2D eigenvalue weighted by atomic mass is 10.1. The fourth-order valence-corrected chi connectivity index (χ4v) is 3.13. The summed E-state index contributed by atoms with van der Waals surface area (Å²) in [5, 5.41) is 2.71. The molecule has 2 aliphatic rings. The molecule has 3 rings (SSSR count). The number of esters is 1. The van der Waals surface area contributed by atoms with Gasteiger partial charge in [0.05, 0.1) is 5.92 Å². The molecule has 1 heterocycles. The number of rotatable bonds is 6. The minimum Gasteiger partial charge on any atom is -0.458 e. The quantitative estimate of drug-likeness (QED) is 0.805. The Bertz CT molecular complexity index is 684. The van der Waals surface area contributed by atoms with E-state index in [2.05, 4.69) is 5.32 Å². The lowest BCUT2D eigenvalue weighted by Crippen LogP contribution is -2.29. The van der Waals surface area contributed by atoms with E-state index in [9.17, 15) is 14.4 Å². The van der Waals surface area contributed by atoms with Gasteiger partial charge in [-0.05, 0) is 43.4 Å². The van der Waals surface area contributed by atoms with Crippen LogP contribution in [-0.4, -0.2) is 35.8 Å². The predicted molar refractivity (Wildman–Crippen MR) is 92.7 cm³/mol. The lowest BCUT2D eigenvalue weighted by molar-refractivity contribution is -0.153. The van der Waals surface area contributed by atoms with E-state index >= 15 is 0 Å². The maximum Gasteiger partial charge on any atom is 0.311 e. The monoisotopic (exact) mass is 344 g/mol. The summed E-state index contributed by atoms with van der Waals surface area (Å²) in [6.45, 7) is 4.48. The fourth-order valence-electron chi connectivity index (χ4n) is 3.13. The van der Waals surface area contributed by atoms with Crippen LogP contribution >= 0.6 is 0 Å². The first kappa shape index (κ1) is 17.5. The van der Waals surface area contributed by atoms with Gasteiger partial charge in [0.25, 0.3) is 0 Å². The molecule has 2 fully saturated rings. The average molecular weight is 344 g/mol. The van der Waals surface area contributed by atoms with E-state index in [1.807, 2.05) is 6.07 Å². The van der Waals surface area contributed by atoms with Crippen LogP contribution in [0.1, 0.15) is 44.8 Å². The predicted octanol–water partition coefficient (Wildman–Crippen LogP) is 2.51. The number of likely N-dealkylation sites (tertiary alicyclic amines) is 1. The summed E-state index contributed by atoms with van der Waals surface area (Å²) in [4.78, 5) is 37.4. The van der Waals surface area contributed by atoms with Crippen molar-refractivity contribution in [2.24, 2.45) is 11.8 Å². The van der Waals surface area contributed by atoms with E-state index in [1.165, 1.54) is 19.8 Å². The van der Waals surface area contributed by atoms with Crippen molar-refractivity contribution in [3.8, 4) is 0 Å². The van der Waals surface area contributed by atoms with Crippen LogP contribution in [-0.2, 0) is 19.1 Å². The molecule has 0 spiro atoms. The van der Waals surface area contributed by atoms with Gasteiger partial charge in [0.2, 0.25) is 11.8 Å². The third kappa shape index (κ3) is 4.59. The fraction of sp³-hybridized carbons (Fsp3) is 0.526. The van der Waals surface area contributed by atoms with Crippen LogP contribution in [0.25, 0.3) is 0 Å². The van der Waals surface area contributed by atoms with Crippen LogP contribution in [0.3, 0.4) is 0 Å². The first-order valence-electron chi connectivity index (χ1n) is 8.78. The summed E-state index contributed by atoms with van der Waals surface area (Å²) >= 11 is 0. The Morgan fingerprint density at radius 3 is 2.80 bits per heavy atom. The molecule has 1 aliphatic heterocycles. The second-order valence-corrected chi connectivity index (χ2v) is 7.03. The minimum absolute atomic E-state index is 0.0501. The number of nitrogens with zero attached hydrogens (tertiary/aromatic N) is 1. The van der Waals surface area contributed by atoms with Gasteiger partial charge >= 0.3 is 5.97 Å². The maximum absolute atomic E-state index is 12.4. The molecule has 1 saturated carbocycles. The van der Waals surface area contributed by atoms with Crippen LogP contribution in [0.4, 0.5) is 5.69 Å². The molecule has 1 aromatic rings. The highest BCUT2D eigenvalue weighted by Gasteiger charge is 2.38. The van der Waals surface area contributed by atoms with Crippen LogP contribution in [0.5, 0.6) is 0 Å². The van der Waals surface area contributed by atoms with E-state index in [-0.39, 0.29) is 30.1 Å². The second kappa shape index (κ2) is 7.25. The SMILES string of the molecule is CC(=O)Nc1cccc(C(C)OC(=O)C2CC(=O)N(CC3CC3)C2)c1. The molecule has 1 aliphatic carbocycles. The van der Waals surface area contributed by atoms with Crippen molar-refractivity contribution in [1.29, 1.82) is 0 Å². The molecule has 1 saturated heterocycles. The Morgan fingerprint density at radius 2 is 2.12 bits per heavy atom. The number of carbonyl (C=O) groups excluding carboxylic acids is 3. The molecule has 2 amide bonds. The van der Waals surface area contributed by atoms with Crippen molar-refractivity contribution < 1.29 is 19.1 Å². The highest BCUT2D eigenvalue weighted by Crippen LogP contribution is 2.32. The molecule has 0 bridgehead atoms. The highest BCUT2D eigenvalue weighted by atomic mass is 16.5. The lowest BCUT2D eigenvalue weighted by Gasteiger charge is -2.18. The van der Waals surface area contributed by atoms with Crippen molar-refractivity contribution in [2.45, 2.75) is 39.2 Å². The first-order chi connectivity index (χ1) is 11.9. The van der Waals surface area contributed by atoms with Crippen molar-refractivity contribution in [3.05, 3.63) is 29.8 Å². The third-order valence-electron chi connectivity index (χ3n) is 4.69. The standard InChI is InChI=1S/C19H24N2O4/c1-12(15-4-3-5-17(8-15)20-13(2)22)25-19(24)16-9-18(23)21(11-16)10-14-6-7-14/h3-5,8,12,14,16H,6-7,9-11H2,1-2H3,(H,20,22). The zero-order valence-electron chi connectivity index (χ0n) is 14.7. The summed E-state index contributed by atoms with van der Waals surface area (Å²) in [6.07, 6.45) is 2.17. The Balaban J connectivity index is 1.57. The molecule has 134 valence electrons. The molecule has 25 heavy (non-hydrogen) atoms. The van der Waals surface area contributed by atoms with Crippen LogP contribution in [0.2, 0.25) is 0 Å². The average Bonchev–Trinajstić information content (AvgIpc) is 3.29. The zero-order chi connectivity index (χ0) is 18.0. The van der Waals surface area contributed by atoms with Gasteiger partial charge in [-0.2, -0.15) is 0 Å². The molecule has 0 aromatic heterocycles. The van der Waals surface area contributed by atoms with E-state index in [0.717, 1.165) is 12.1 Å². The van der Waals surface area contributed by atoms with Gasteiger partial charge in [0.15, 0.2) is 0 Å². The number of hydrogen-bond acceptors (Lipinski definition) is 4. The van der Waals surface area contributed by atoms with Gasteiger partial charge in [-0.25, -0.2) is 0 Å². The third-order valence-corrected chi connectivity index (χ3v) is 4.69. The van der Waals surface area contributed by atoms with Crippen LogP contribution in [0.15, 0.2) is 24.3 Å². The summed E-state index contributed by atoms with van der Waals surface area (Å²) in [7, 11) is 0. The molecular weight excluding hydrogens is 320 g/mol. The van der Waals surface area contributed by atoms with Gasteiger partial charge in [-0.1, -0.05) is 12.1 Å². The van der Waals surface area contributed by atoms with Gasteiger partial charge in [-0.15, -0.1) is 0 Å². The Morgan fingerprint density at radius 1 is 1.36 bits per heavy atom. The molecule has 2 unspecified atom stereocenters. The van der Waals surface area contributed by atoms with Crippen LogP contribution < -0.4 is 5.32 Å². The van der Waals surface area contributed by atoms with Gasteiger partial charge < -0.3 is 15.0 Å². The summed E-state index contributed by atoms with van der Waals surface area (Å²) in [5.74, 6) is -0.193. The number of ether oxygens (including phenoxy) is 1. The van der Waals surface area contributed by atoms with E-state index in [1.54, 1.807) is 30.0 Å². The summed E-state index contributed by atoms with van der Waals surface area (Å²) < 4.78 is 5.57. The number of hydrogen-bond donors (Lipinski definition) is 1. The van der Waals surface area contributed by atoms with Crippen molar-refractivity contribution in [3.63, 3.8) is 0 Å². The number of benzene rings is 1. The molecule has 0 radical (unpaired) electrons. The first-order valence-corrected chi connectivity index (χ1v) is 8.78. The molecule has 6 nitrogen and oxygen atoms in total. The van der Waals surface area contributed by atoms with Crippen molar-refractivity contribution in [1.82, 2.24) is 4.90 Å². The van der Waals surface area contributed by atoms with E-state index in [4.69, 9.17) is 4.74 Å². The summed E-state index contributed by atoms with van der Waals surface area (Å²) in [6, 6.07) is 7.23. The van der Waals surface area contributed by atoms with E-state index in [0.29, 0.717) is 18.2 Å². The largest absolute Gasteiger partial charge is 0.458 e. The van der Waals surface area contributed by atoms with Crippen molar-refractivity contribution >= 4 is 23.5 Å². The Hall–Kier alpha value is -2.37. The zero-order valence-corrected chi connectivity index (χ0v) is 14.7. The minimum atomic E-state index is -0.436.